The van der Waals surface area contributed by atoms with Gasteiger partial charge in [-0.25, -0.2) is 4.39 Å². The first-order valence-electron chi connectivity index (χ1n) is 5.31. The van der Waals surface area contributed by atoms with Crippen molar-refractivity contribution < 1.29 is 9.50 Å². The molecular weight excluding hydrogens is 193 g/mol. The molecule has 1 heterocycles. The molecule has 1 aliphatic heterocycles. The van der Waals surface area contributed by atoms with E-state index in [1.165, 1.54) is 6.07 Å². The SMILES string of the molecule is OCC1(Cc2ccccc2F)CCNC1. The number of benzene rings is 1. The van der Waals surface area contributed by atoms with Crippen molar-refractivity contribution >= 4 is 0 Å². The molecule has 1 aliphatic rings. The number of rotatable bonds is 3. The van der Waals surface area contributed by atoms with Gasteiger partial charge >= 0.3 is 0 Å². The van der Waals surface area contributed by atoms with E-state index in [9.17, 15) is 9.50 Å². The van der Waals surface area contributed by atoms with Crippen LogP contribution in [0.1, 0.15) is 12.0 Å². The van der Waals surface area contributed by atoms with Gasteiger partial charge in [0, 0.05) is 12.0 Å². The Kier molecular flexibility index (Phi) is 3.03. The summed E-state index contributed by atoms with van der Waals surface area (Å²) in [6.07, 6.45) is 1.53. The van der Waals surface area contributed by atoms with Crippen molar-refractivity contribution in [3.63, 3.8) is 0 Å². The predicted octanol–water partition coefficient (Wildman–Crippen LogP) is 1.34. The maximum atomic E-state index is 13.4. The summed E-state index contributed by atoms with van der Waals surface area (Å²) >= 11 is 0. The molecule has 0 amide bonds. The van der Waals surface area contributed by atoms with Crippen molar-refractivity contribution in [2.75, 3.05) is 19.7 Å². The van der Waals surface area contributed by atoms with E-state index in [1.807, 2.05) is 6.07 Å². The number of hydrogen-bond donors (Lipinski definition) is 2. The van der Waals surface area contributed by atoms with Gasteiger partial charge in [-0.3, -0.25) is 0 Å². The summed E-state index contributed by atoms with van der Waals surface area (Å²) in [7, 11) is 0. The zero-order chi connectivity index (χ0) is 10.7. The molecule has 1 aromatic rings. The molecule has 2 nitrogen and oxygen atoms in total. The smallest absolute Gasteiger partial charge is 0.126 e. The molecule has 1 atom stereocenters. The van der Waals surface area contributed by atoms with Gasteiger partial charge in [0.2, 0.25) is 0 Å². The third-order valence-electron chi connectivity index (χ3n) is 3.19. The van der Waals surface area contributed by atoms with Crippen molar-refractivity contribution in [1.82, 2.24) is 5.32 Å². The fraction of sp³-hybridized carbons (Fsp3) is 0.500. The second kappa shape index (κ2) is 4.29. The molecule has 82 valence electrons. The topological polar surface area (TPSA) is 32.3 Å². The highest BCUT2D eigenvalue weighted by atomic mass is 19.1. The first kappa shape index (κ1) is 10.6. The van der Waals surface area contributed by atoms with Crippen LogP contribution in [0.5, 0.6) is 0 Å². The molecule has 2 rings (SSSR count). The minimum atomic E-state index is -0.169. The number of aliphatic hydroxyl groups is 1. The van der Waals surface area contributed by atoms with Crippen LogP contribution in [0, 0.1) is 11.2 Å². The molecule has 0 saturated carbocycles. The number of aliphatic hydroxyl groups excluding tert-OH is 1. The Balaban J connectivity index is 2.16. The Hall–Kier alpha value is -0.930. The van der Waals surface area contributed by atoms with Crippen molar-refractivity contribution in [3.05, 3.63) is 35.6 Å². The Labute approximate surface area is 89.1 Å². The lowest BCUT2D eigenvalue weighted by Crippen LogP contribution is -2.31. The fourth-order valence-corrected chi connectivity index (χ4v) is 2.18. The number of hydrogen-bond acceptors (Lipinski definition) is 2. The highest BCUT2D eigenvalue weighted by molar-refractivity contribution is 5.19. The van der Waals surface area contributed by atoms with Gasteiger partial charge in [0.05, 0.1) is 6.61 Å². The standard InChI is InChI=1S/C12H16FNO/c13-11-4-2-1-3-10(11)7-12(9-15)5-6-14-8-12/h1-4,14-15H,5-9H2. The molecule has 0 aromatic heterocycles. The largest absolute Gasteiger partial charge is 0.396 e. The second-order valence-corrected chi connectivity index (χ2v) is 4.35. The van der Waals surface area contributed by atoms with E-state index in [4.69, 9.17) is 0 Å². The van der Waals surface area contributed by atoms with E-state index < -0.39 is 0 Å². The lowest BCUT2D eigenvalue weighted by molar-refractivity contribution is 0.142. The van der Waals surface area contributed by atoms with Gasteiger partial charge in [-0.2, -0.15) is 0 Å². The molecule has 15 heavy (non-hydrogen) atoms. The Morgan fingerprint density at radius 3 is 2.80 bits per heavy atom. The van der Waals surface area contributed by atoms with Crippen LogP contribution in [0.2, 0.25) is 0 Å². The molecule has 1 aromatic carbocycles. The van der Waals surface area contributed by atoms with Gasteiger partial charge in [0.25, 0.3) is 0 Å². The predicted molar refractivity (Wildman–Crippen MR) is 57.1 cm³/mol. The number of halogens is 1. The van der Waals surface area contributed by atoms with Crippen LogP contribution in [0.3, 0.4) is 0 Å². The van der Waals surface area contributed by atoms with Crippen LogP contribution in [-0.2, 0) is 6.42 Å². The maximum absolute atomic E-state index is 13.4. The van der Waals surface area contributed by atoms with Gasteiger partial charge in [0.1, 0.15) is 5.82 Å². The summed E-state index contributed by atoms with van der Waals surface area (Å²) in [5, 5.41) is 12.6. The van der Waals surface area contributed by atoms with Crippen LogP contribution in [0.15, 0.2) is 24.3 Å². The molecule has 1 fully saturated rings. The van der Waals surface area contributed by atoms with Crippen molar-refractivity contribution in [3.8, 4) is 0 Å². The summed E-state index contributed by atoms with van der Waals surface area (Å²) in [6, 6.07) is 6.80. The van der Waals surface area contributed by atoms with E-state index in [0.717, 1.165) is 19.5 Å². The second-order valence-electron chi connectivity index (χ2n) is 4.35. The third-order valence-corrected chi connectivity index (χ3v) is 3.19. The average Bonchev–Trinajstić information content (AvgIpc) is 2.71. The highest BCUT2D eigenvalue weighted by Crippen LogP contribution is 2.30. The van der Waals surface area contributed by atoms with Crippen molar-refractivity contribution in [2.24, 2.45) is 5.41 Å². The van der Waals surface area contributed by atoms with E-state index >= 15 is 0 Å². The molecule has 2 N–H and O–H groups in total. The van der Waals surface area contributed by atoms with E-state index in [0.29, 0.717) is 12.0 Å². The minimum absolute atomic E-state index is 0.119. The van der Waals surface area contributed by atoms with Gasteiger partial charge in [0.15, 0.2) is 0 Å². The Morgan fingerprint density at radius 2 is 2.20 bits per heavy atom. The normalized spacial score (nSPS) is 25.7. The summed E-state index contributed by atoms with van der Waals surface area (Å²) in [5.41, 5.74) is 0.539. The van der Waals surface area contributed by atoms with Gasteiger partial charge in [-0.1, -0.05) is 18.2 Å². The molecule has 1 unspecified atom stereocenters. The van der Waals surface area contributed by atoms with Crippen LogP contribution in [-0.4, -0.2) is 24.8 Å². The average molecular weight is 209 g/mol. The first-order valence-corrected chi connectivity index (χ1v) is 5.31. The lowest BCUT2D eigenvalue weighted by Gasteiger charge is -2.25. The zero-order valence-electron chi connectivity index (χ0n) is 8.67. The van der Waals surface area contributed by atoms with E-state index in [1.54, 1.807) is 12.1 Å². The van der Waals surface area contributed by atoms with E-state index in [2.05, 4.69) is 5.32 Å². The third kappa shape index (κ3) is 2.19. The maximum Gasteiger partial charge on any atom is 0.126 e. The first-order chi connectivity index (χ1) is 7.26. The summed E-state index contributed by atoms with van der Waals surface area (Å²) in [6.45, 7) is 1.81. The summed E-state index contributed by atoms with van der Waals surface area (Å²) in [5.74, 6) is -0.169. The Morgan fingerprint density at radius 1 is 1.40 bits per heavy atom. The molecule has 0 radical (unpaired) electrons. The zero-order valence-corrected chi connectivity index (χ0v) is 8.67. The molecule has 0 spiro atoms. The Bertz CT molecular complexity index is 334. The van der Waals surface area contributed by atoms with Crippen LogP contribution >= 0.6 is 0 Å². The van der Waals surface area contributed by atoms with Crippen molar-refractivity contribution in [1.29, 1.82) is 0 Å². The van der Waals surface area contributed by atoms with Crippen molar-refractivity contribution in [2.45, 2.75) is 12.8 Å². The highest BCUT2D eigenvalue weighted by Gasteiger charge is 2.33. The quantitative estimate of drug-likeness (QED) is 0.787. The summed E-state index contributed by atoms with van der Waals surface area (Å²) in [4.78, 5) is 0. The van der Waals surface area contributed by atoms with Gasteiger partial charge in [-0.15, -0.1) is 0 Å². The van der Waals surface area contributed by atoms with Gasteiger partial charge in [-0.05, 0) is 31.0 Å². The van der Waals surface area contributed by atoms with Crippen LogP contribution in [0.4, 0.5) is 4.39 Å². The molecule has 3 heteroatoms. The molecule has 1 saturated heterocycles. The molecule has 0 aliphatic carbocycles. The van der Waals surface area contributed by atoms with E-state index in [-0.39, 0.29) is 17.8 Å². The monoisotopic (exact) mass is 209 g/mol. The number of nitrogens with one attached hydrogen (secondary N) is 1. The van der Waals surface area contributed by atoms with Gasteiger partial charge < -0.3 is 10.4 Å². The van der Waals surface area contributed by atoms with Crippen LogP contribution in [0.25, 0.3) is 0 Å². The molecular formula is C12H16FNO. The summed E-state index contributed by atoms with van der Waals surface area (Å²) < 4.78 is 13.4. The van der Waals surface area contributed by atoms with Crippen LogP contribution < -0.4 is 5.32 Å². The molecule has 0 bridgehead atoms. The fourth-order valence-electron chi connectivity index (χ4n) is 2.18. The minimum Gasteiger partial charge on any atom is -0.396 e. The lowest BCUT2D eigenvalue weighted by atomic mass is 9.81.